The van der Waals surface area contributed by atoms with E-state index in [0.717, 1.165) is 11.4 Å². The molecule has 0 saturated heterocycles. The molecule has 100 valence electrons. The van der Waals surface area contributed by atoms with Gasteiger partial charge >= 0.3 is 0 Å². The van der Waals surface area contributed by atoms with Gasteiger partial charge in [-0.15, -0.1) is 0 Å². The molecule has 0 aliphatic carbocycles. The van der Waals surface area contributed by atoms with Gasteiger partial charge in [-0.2, -0.15) is 0 Å². The van der Waals surface area contributed by atoms with Crippen LogP contribution < -0.4 is 10.2 Å². The molecular weight excluding hydrogens is 248 g/mol. The summed E-state index contributed by atoms with van der Waals surface area (Å²) in [5.74, 6) is -1.11. The molecule has 0 aliphatic rings. The lowest BCUT2D eigenvalue weighted by atomic mass is 10.2. The minimum Gasteiger partial charge on any atom is -0.378 e. The summed E-state index contributed by atoms with van der Waals surface area (Å²) in [5.41, 5.74) is 1.66. The molecule has 0 saturated carbocycles. The summed E-state index contributed by atoms with van der Waals surface area (Å²) < 4.78 is 27.0. The molecule has 0 spiro atoms. The van der Waals surface area contributed by atoms with Crippen LogP contribution in [-0.4, -0.2) is 19.1 Å². The molecule has 2 aromatic rings. The predicted octanol–water partition coefficient (Wildman–Crippen LogP) is 3.04. The number of anilines is 2. The number of rotatable bonds is 4. The molecule has 0 radical (unpaired) electrons. The van der Waals surface area contributed by atoms with Crippen LogP contribution in [0, 0.1) is 11.6 Å². The number of benzene rings is 1. The molecule has 0 unspecified atom stereocenters. The Morgan fingerprint density at radius 3 is 2.47 bits per heavy atom. The number of nitrogens with one attached hydrogen (secondary N) is 1. The first kappa shape index (κ1) is 13.3. The normalized spacial score (nSPS) is 10.3. The zero-order valence-electron chi connectivity index (χ0n) is 10.8. The van der Waals surface area contributed by atoms with E-state index in [1.807, 2.05) is 25.1 Å². The van der Waals surface area contributed by atoms with Crippen molar-refractivity contribution >= 4 is 11.4 Å². The molecule has 0 fully saturated rings. The maximum absolute atomic E-state index is 13.5. The molecule has 3 nitrogen and oxygen atoms in total. The van der Waals surface area contributed by atoms with Crippen LogP contribution in [0.2, 0.25) is 0 Å². The van der Waals surface area contributed by atoms with Crippen LogP contribution in [0.3, 0.4) is 0 Å². The van der Waals surface area contributed by atoms with Crippen LogP contribution >= 0.6 is 0 Å². The van der Waals surface area contributed by atoms with Gasteiger partial charge in [0.25, 0.3) is 0 Å². The molecule has 0 amide bonds. The van der Waals surface area contributed by atoms with E-state index in [4.69, 9.17) is 0 Å². The number of halogens is 2. The maximum atomic E-state index is 13.5. The van der Waals surface area contributed by atoms with E-state index in [-0.39, 0.29) is 12.1 Å². The van der Waals surface area contributed by atoms with Crippen molar-refractivity contribution in [3.63, 3.8) is 0 Å². The Kier molecular flexibility index (Phi) is 3.94. The zero-order chi connectivity index (χ0) is 13.8. The summed E-state index contributed by atoms with van der Waals surface area (Å²) in [6.45, 7) is 0.0744. The second kappa shape index (κ2) is 5.65. The van der Waals surface area contributed by atoms with Crippen molar-refractivity contribution in [1.82, 2.24) is 4.98 Å². The van der Waals surface area contributed by atoms with Gasteiger partial charge in [0.1, 0.15) is 11.6 Å². The van der Waals surface area contributed by atoms with Crippen LogP contribution in [0.4, 0.5) is 20.2 Å². The Balaban J connectivity index is 2.19. The Morgan fingerprint density at radius 1 is 1.16 bits per heavy atom. The van der Waals surface area contributed by atoms with Crippen molar-refractivity contribution in [3.8, 4) is 0 Å². The second-order valence-electron chi connectivity index (χ2n) is 4.34. The molecule has 1 aromatic carbocycles. The highest BCUT2D eigenvalue weighted by atomic mass is 19.1. The predicted molar refractivity (Wildman–Crippen MR) is 72.2 cm³/mol. The Bertz CT molecular complexity index is 550. The number of hydrogen-bond donors (Lipinski definition) is 1. The first-order valence-corrected chi connectivity index (χ1v) is 5.87. The average Bonchev–Trinajstić information content (AvgIpc) is 2.38. The third-order valence-corrected chi connectivity index (χ3v) is 2.80. The standard InChI is InChI=1S/C14H15F2N3/c1-19(2)14-6-7-17-9-13(14)18-8-10-11(15)4-3-5-12(10)16/h3-7,9,18H,8H2,1-2H3. The van der Waals surface area contributed by atoms with Gasteiger partial charge in [0.05, 0.1) is 17.6 Å². The quantitative estimate of drug-likeness (QED) is 0.919. The summed E-state index contributed by atoms with van der Waals surface area (Å²) in [4.78, 5) is 5.91. The number of aromatic nitrogens is 1. The van der Waals surface area contributed by atoms with E-state index >= 15 is 0 Å². The van der Waals surface area contributed by atoms with E-state index in [1.54, 1.807) is 12.4 Å². The number of nitrogens with zero attached hydrogens (tertiary/aromatic N) is 2. The molecular formula is C14H15F2N3. The molecule has 5 heteroatoms. The lowest BCUT2D eigenvalue weighted by molar-refractivity contribution is 0.560. The van der Waals surface area contributed by atoms with Gasteiger partial charge in [-0.3, -0.25) is 4.98 Å². The van der Waals surface area contributed by atoms with Crippen LogP contribution in [-0.2, 0) is 6.54 Å². The summed E-state index contributed by atoms with van der Waals surface area (Å²) in [7, 11) is 3.79. The number of pyridine rings is 1. The molecule has 2 rings (SSSR count). The Morgan fingerprint density at radius 2 is 1.84 bits per heavy atom. The fraction of sp³-hybridized carbons (Fsp3) is 0.214. The number of hydrogen-bond acceptors (Lipinski definition) is 3. The lowest BCUT2D eigenvalue weighted by Gasteiger charge is -2.18. The fourth-order valence-electron chi connectivity index (χ4n) is 1.80. The van der Waals surface area contributed by atoms with Gasteiger partial charge in [0.15, 0.2) is 0 Å². The first-order chi connectivity index (χ1) is 9.09. The van der Waals surface area contributed by atoms with Crippen LogP contribution in [0.5, 0.6) is 0 Å². The monoisotopic (exact) mass is 263 g/mol. The van der Waals surface area contributed by atoms with Gasteiger partial charge in [-0.1, -0.05) is 6.07 Å². The Labute approximate surface area is 110 Å². The van der Waals surface area contributed by atoms with Gasteiger partial charge < -0.3 is 10.2 Å². The minimum atomic E-state index is -0.553. The van der Waals surface area contributed by atoms with Crippen molar-refractivity contribution in [2.75, 3.05) is 24.3 Å². The van der Waals surface area contributed by atoms with E-state index in [9.17, 15) is 8.78 Å². The van der Waals surface area contributed by atoms with E-state index < -0.39 is 11.6 Å². The van der Waals surface area contributed by atoms with Crippen molar-refractivity contribution in [2.24, 2.45) is 0 Å². The van der Waals surface area contributed by atoms with E-state index in [1.165, 1.54) is 18.2 Å². The molecule has 1 N–H and O–H groups in total. The maximum Gasteiger partial charge on any atom is 0.131 e. The summed E-state index contributed by atoms with van der Waals surface area (Å²) in [5, 5.41) is 3.01. The van der Waals surface area contributed by atoms with Gasteiger partial charge in [0.2, 0.25) is 0 Å². The molecule has 0 aliphatic heterocycles. The van der Waals surface area contributed by atoms with Crippen molar-refractivity contribution < 1.29 is 8.78 Å². The molecule has 0 bridgehead atoms. The topological polar surface area (TPSA) is 28.2 Å². The smallest absolute Gasteiger partial charge is 0.131 e. The summed E-state index contributed by atoms with van der Waals surface area (Å²) >= 11 is 0. The van der Waals surface area contributed by atoms with Crippen molar-refractivity contribution in [2.45, 2.75) is 6.54 Å². The highest BCUT2D eigenvalue weighted by Crippen LogP contribution is 2.23. The van der Waals surface area contributed by atoms with Crippen LogP contribution in [0.15, 0.2) is 36.7 Å². The van der Waals surface area contributed by atoms with Crippen molar-refractivity contribution in [3.05, 3.63) is 53.9 Å². The highest BCUT2D eigenvalue weighted by Gasteiger charge is 2.09. The minimum absolute atomic E-state index is 0.0241. The van der Waals surface area contributed by atoms with Crippen LogP contribution in [0.25, 0.3) is 0 Å². The lowest BCUT2D eigenvalue weighted by Crippen LogP contribution is -2.13. The zero-order valence-corrected chi connectivity index (χ0v) is 10.8. The molecule has 0 atom stereocenters. The largest absolute Gasteiger partial charge is 0.378 e. The molecule has 1 aromatic heterocycles. The molecule has 1 heterocycles. The highest BCUT2D eigenvalue weighted by molar-refractivity contribution is 5.68. The van der Waals surface area contributed by atoms with Gasteiger partial charge in [-0.05, 0) is 18.2 Å². The third-order valence-electron chi connectivity index (χ3n) is 2.80. The van der Waals surface area contributed by atoms with E-state index in [0.29, 0.717) is 0 Å². The fourth-order valence-corrected chi connectivity index (χ4v) is 1.80. The van der Waals surface area contributed by atoms with Gasteiger partial charge in [-0.25, -0.2) is 8.78 Å². The summed E-state index contributed by atoms with van der Waals surface area (Å²) in [6, 6.07) is 5.68. The molecule has 19 heavy (non-hydrogen) atoms. The van der Waals surface area contributed by atoms with E-state index in [2.05, 4.69) is 10.3 Å². The average molecular weight is 263 g/mol. The third kappa shape index (κ3) is 2.99. The van der Waals surface area contributed by atoms with Crippen LogP contribution in [0.1, 0.15) is 5.56 Å². The second-order valence-corrected chi connectivity index (χ2v) is 4.34. The summed E-state index contributed by atoms with van der Waals surface area (Å²) in [6.07, 6.45) is 3.30. The SMILES string of the molecule is CN(C)c1ccncc1NCc1c(F)cccc1F. The Hall–Kier alpha value is -2.17. The van der Waals surface area contributed by atoms with Crippen molar-refractivity contribution in [1.29, 1.82) is 0 Å². The first-order valence-electron chi connectivity index (χ1n) is 5.87. The van der Waals surface area contributed by atoms with Gasteiger partial charge in [0, 0.05) is 32.4 Å².